The largest absolute Gasteiger partial charge is 0.743 e. The Labute approximate surface area is 139 Å². The van der Waals surface area contributed by atoms with Crippen molar-refractivity contribution in [2.24, 2.45) is 23.7 Å². The van der Waals surface area contributed by atoms with Gasteiger partial charge in [-0.3, -0.25) is 0 Å². The van der Waals surface area contributed by atoms with E-state index in [2.05, 4.69) is 0 Å². The zero-order chi connectivity index (χ0) is 17.1. The topological polar surface area (TPSA) is 88.2 Å². The first-order valence-corrected chi connectivity index (χ1v) is 9.83. The Balaban J connectivity index is 1.44. The SMILES string of the molecule is O=S(=O)([O-])C(F)(F)COC1C2CC3CC(C2)C(OCC2CO2)C1C3. The number of ether oxygens (including phenoxy) is 3. The summed E-state index contributed by atoms with van der Waals surface area (Å²) < 4.78 is 75.3. The van der Waals surface area contributed by atoms with E-state index >= 15 is 0 Å². The van der Waals surface area contributed by atoms with Crippen LogP contribution in [0.1, 0.15) is 25.7 Å². The molecule has 5 rings (SSSR count). The Kier molecular flexibility index (Phi) is 4.15. The molecule has 1 aliphatic heterocycles. The van der Waals surface area contributed by atoms with Crippen LogP contribution in [-0.2, 0) is 24.3 Å². The second-order valence-corrected chi connectivity index (χ2v) is 9.12. The zero-order valence-electron chi connectivity index (χ0n) is 13.1. The van der Waals surface area contributed by atoms with Crippen molar-refractivity contribution >= 4 is 10.1 Å². The fraction of sp³-hybridized carbons (Fsp3) is 1.00. The van der Waals surface area contributed by atoms with Gasteiger partial charge in [0.1, 0.15) is 12.7 Å². The fourth-order valence-electron chi connectivity index (χ4n) is 4.97. The lowest BCUT2D eigenvalue weighted by atomic mass is 9.53. The molecule has 0 spiro atoms. The number of epoxide rings is 1. The third kappa shape index (κ3) is 3.09. The van der Waals surface area contributed by atoms with Gasteiger partial charge in [-0.05, 0) is 43.4 Å². The fourth-order valence-corrected chi connectivity index (χ4v) is 5.18. The lowest BCUT2D eigenvalue weighted by Gasteiger charge is -2.57. The first kappa shape index (κ1) is 17.1. The predicted octanol–water partition coefficient (Wildman–Crippen LogP) is 1.36. The summed E-state index contributed by atoms with van der Waals surface area (Å²) in [7, 11) is -5.71. The molecule has 1 saturated heterocycles. The van der Waals surface area contributed by atoms with Crippen molar-refractivity contribution in [2.75, 3.05) is 19.8 Å². The van der Waals surface area contributed by atoms with E-state index in [0.29, 0.717) is 25.0 Å². The van der Waals surface area contributed by atoms with Crippen molar-refractivity contribution in [3.8, 4) is 0 Å². The maximum absolute atomic E-state index is 13.4. The standard InChI is InChI=1S/C15H22F2O6S/c16-15(17,24(18,19)20)7-23-14-10-2-8-1-9(4-10)13(12(14)3-8)22-6-11-5-21-11/h8-14H,1-7H2,(H,18,19,20)/p-1. The maximum Gasteiger partial charge on any atom is 0.357 e. The Morgan fingerprint density at radius 2 is 1.71 bits per heavy atom. The van der Waals surface area contributed by atoms with Gasteiger partial charge in [0.15, 0.2) is 10.1 Å². The van der Waals surface area contributed by atoms with Gasteiger partial charge in [-0.15, -0.1) is 0 Å². The molecule has 4 bridgehead atoms. The second-order valence-electron chi connectivity index (χ2n) is 7.61. The smallest absolute Gasteiger partial charge is 0.357 e. The summed E-state index contributed by atoms with van der Waals surface area (Å²) in [6.45, 7) is -0.171. The van der Waals surface area contributed by atoms with Gasteiger partial charge < -0.3 is 18.8 Å². The second kappa shape index (κ2) is 5.84. The monoisotopic (exact) mass is 367 g/mol. The summed E-state index contributed by atoms with van der Waals surface area (Å²) in [6.07, 6.45) is 3.34. The molecule has 5 aliphatic rings. The molecular weight excluding hydrogens is 346 g/mol. The van der Waals surface area contributed by atoms with Gasteiger partial charge in [0.2, 0.25) is 0 Å². The number of halogens is 2. The van der Waals surface area contributed by atoms with Crippen LogP contribution in [0.2, 0.25) is 0 Å². The molecule has 0 aromatic rings. The van der Waals surface area contributed by atoms with Crippen LogP contribution in [0.25, 0.3) is 0 Å². The van der Waals surface area contributed by atoms with Crippen LogP contribution >= 0.6 is 0 Å². The van der Waals surface area contributed by atoms with Gasteiger partial charge in [-0.1, -0.05) is 0 Å². The summed E-state index contributed by atoms with van der Waals surface area (Å²) in [5.41, 5.74) is 0. The number of hydrogen-bond donors (Lipinski definition) is 0. The van der Waals surface area contributed by atoms with E-state index in [9.17, 15) is 21.8 Å². The molecule has 7 atom stereocenters. The van der Waals surface area contributed by atoms with E-state index in [1.54, 1.807) is 0 Å². The first-order chi connectivity index (χ1) is 11.2. The van der Waals surface area contributed by atoms with E-state index in [4.69, 9.17) is 14.2 Å². The van der Waals surface area contributed by atoms with E-state index in [-0.39, 0.29) is 24.0 Å². The molecule has 24 heavy (non-hydrogen) atoms. The molecule has 0 aromatic heterocycles. The minimum atomic E-state index is -5.71. The molecular formula is C15H21F2O6S-. The predicted molar refractivity (Wildman–Crippen MR) is 76.3 cm³/mol. The van der Waals surface area contributed by atoms with Crippen LogP contribution in [-0.4, -0.2) is 56.4 Å². The third-order valence-corrected chi connectivity index (χ3v) is 6.79. The average molecular weight is 367 g/mol. The van der Waals surface area contributed by atoms with E-state index in [1.807, 2.05) is 0 Å². The molecule has 0 N–H and O–H groups in total. The summed E-state index contributed by atoms with van der Waals surface area (Å²) in [4.78, 5) is 0. The van der Waals surface area contributed by atoms with Crippen LogP contribution in [0.15, 0.2) is 0 Å². The lowest BCUT2D eigenvalue weighted by molar-refractivity contribution is -0.208. The van der Waals surface area contributed by atoms with Crippen molar-refractivity contribution in [2.45, 2.75) is 49.2 Å². The van der Waals surface area contributed by atoms with Crippen LogP contribution in [0.3, 0.4) is 0 Å². The molecule has 0 amide bonds. The minimum absolute atomic E-state index is 0.00911. The van der Waals surface area contributed by atoms with Crippen molar-refractivity contribution in [1.82, 2.24) is 0 Å². The van der Waals surface area contributed by atoms with Gasteiger partial charge in [0.05, 0.1) is 25.4 Å². The molecule has 0 radical (unpaired) electrons. The highest BCUT2D eigenvalue weighted by Gasteiger charge is 2.55. The van der Waals surface area contributed by atoms with Crippen LogP contribution in [0.4, 0.5) is 8.78 Å². The molecule has 7 unspecified atom stereocenters. The van der Waals surface area contributed by atoms with Crippen molar-refractivity contribution in [3.63, 3.8) is 0 Å². The van der Waals surface area contributed by atoms with E-state index < -0.39 is 28.1 Å². The molecule has 6 nitrogen and oxygen atoms in total. The Morgan fingerprint density at radius 3 is 2.29 bits per heavy atom. The minimum Gasteiger partial charge on any atom is -0.743 e. The molecule has 5 fully saturated rings. The highest BCUT2D eigenvalue weighted by Crippen LogP contribution is 2.56. The number of hydrogen-bond acceptors (Lipinski definition) is 6. The van der Waals surface area contributed by atoms with Crippen LogP contribution in [0.5, 0.6) is 0 Å². The van der Waals surface area contributed by atoms with Crippen molar-refractivity contribution < 1.29 is 36.0 Å². The number of alkyl halides is 2. The summed E-state index contributed by atoms with van der Waals surface area (Å²) in [5.74, 6) is 1.12. The Bertz CT molecular complexity index is 593. The zero-order valence-corrected chi connectivity index (χ0v) is 13.9. The highest BCUT2D eigenvalue weighted by atomic mass is 32.2. The third-order valence-electron chi connectivity index (χ3n) is 5.94. The molecule has 4 aliphatic carbocycles. The van der Waals surface area contributed by atoms with Gasteiger partial charge in [0, 0.05) is 5.92 Å². The Hall–Kier alpha value is -0.350. The van der Waals surface area contributed by atoms with Crippen LogP contribution in [0, 0.1) is 23.7 Å². The summed E-state index contributed by atoms with van der Waals surface area (Å²) >= 11 is 0. The normalized spacial score (nSPS) is 44.0. The van der Waals surface area contributed by atoms with Gasteiger partial charge in [-0.25, -0.2) is 8.42 Å². The van der Waals surface area contributed by atoms with E-state index in [1.165, 1.54) is 0 Å². The number of rotatable bonds is 7. The molecule has 4 saturated carbocycles. The molecule has 138 valence electrons. The van der Waals surface area contributed by atoms with Crippen molar-refractivity contribution in [3.05, 3.63) is 0 Å². The summed E-state index contributed by atoms with van der Waals surface area (Å²) in [6, 6.07) is 0. The van der Waals surface area contributed by atoms with Gasteiger partial charge in [0.25, 0.3) is 0 Å². The molecule has 0 aromatic carbocycles. The quantitative estimate of drug-likeness (QED) is 0.499. The molecule has 9 heteroatoms. The van der Waals surface area contributed by atoms with Gasteiger partial charge in [-0.2, -0.15) is 8.78 Å². The molecule has 1 heterocycles. The first-order valence-electron chi connectivity index (χ1n) is 8.42. The van der Waals surface area contributed by atoms with Crippen molar-refractivity contribution in [1.29, 1.82) is 0 Å². The lowest BCUT2D eigenvalue weighted by Crippen LogP contribution is -2.58. The van der Waals surface area contributed by atoms with Crippen LogP contribution < -0.4 is 0 Å². The van der Waals surface area contributed by atoms with E-state index in [0.717, 1.165) is 25.7 Å². The average Bonchev–Trinajstić information content (AvgIpc) is 3.28. The summed E-state index contributed by atoms with van der Waals surface area (Å²) in [5, 5.41) is -4.39. The Morgan fingerprint density at radius 1 is 1.08 bits per heavy atom. The highest BCUT2D eigenvalue weighted by molar-refractivity contribution is 7.86. The van der Waals surface area contributed by atoms with Gasteiger partial charge >= 0.3 is 5.25 Å². The maximum atomic E-state index is 13.4.